The highest BCUT2D eigenvalue weighted by molar-refractivity contribution is 7.99. The van der Waals surface area contributed by atoms with Crippen LogP contribution in [0, 0.1) is 19.8 Å². The second-order valence-electron chi connectivity index (χ2n) is 8.04. The molecular weight excluding hydrogens is 330 g/mol. The van der Waals surface area contributed by atoms with Crippen molar-refractivity contribution in [2.24, 2.45) is 5.92 Å². The van der Waals surface area contributed by atoms with Crippen molar-refractivity contribution in [1.82, 2.24) is 14.9 Å². The summed E-state index contributed by atoms with van der Waals surface area (Å²) >= 11 is 1.61. The Morgan fingerprint density at radius 1 is 1.12 bits per heavy atom. The minimum atomic E-state index is 0.165. The number of thioether (sulfide) groups is 1. The molecule has 5 heteroatoms. The van der Waals surface area contributed by atoms with E-state index in [1.54, 1.807) is 11.8 Å². The summed E-state index contributed by atoms with van der Waals surface area (Å²) < 4.78 is 2.41. The number of aromatic nitrogens is 2. The third kappa shape index (κ3) is 4.81. The lowest BCUT2D eigenvalue weighted by Crippen LogP contribution is -2.38. The average molecular weight is 364 g/mol. The molecule has 0 bridgehead atoms. The first-order valence-electron chi connectivity index (χ1n) is 10.0. The summed E-state index contributed by atoms with van der Waals surface area (Å²) in [6, 6.07) is 0.950. The van der Waals surface area contributed by atoms with Gasteiger partial charge in [-0.25, -0.2) is 4.98 Å². The Morgan fingerprint density at radius 3 is 2.48 bits per heavy atom. The van der Waals surface area contributed by atoms with Gasteiger partial charge in [-0.15, -0.1) is 0 Å². The summed E-state index contributed by atoms with van der Waals surface area (Å²) in [4.78, 5) is 17.1. The Hall–Kier alpha value is -0.970. The van der Waals surface area contributed by atoms with Gasteiger partial charge in [-0.2, -0.15) is 0 Å². The monoisotopic (exact) mass is 363 g/mol. The first-order valence-corrected chi connectivity index (χ1v) is 11.0. The zero-order valence-electron chi connectivity index (χ0n) is 16.0. The first-order chi connectivity index (χ1) is 12.0. The van der Waals surface area contributed by atoms with E-state index in [0.717, 1.165) is 29.6 Å². The summed E-state index contributed by atoms with van der Waals surface area (Å²) in [6.45, 7) is 6.57. The number of amides is 1. The number of hydrogen-bond acceptors (Lipinski definition) is 3. The maximum absolute atomic E-state index is 12.4. The van der Waals surface area contributed by atoms with Gasteiger partial charge in [0.25, 0.3) is 0 Å². The highest BCUT2D eigenvalue weighted by Gasteiger charge is 2.23. The van der Waals surface area contributed by atoms with Crippen LogP contribution in [0.4, 0.5) is 0 Å². The van der Waals surface area contributed by atoms with Gasteiger partial charge in [0.2, 0.25) is 5.91 Å². The lowest BCUT2D eigenvalue weighted by atomic mass is 9.87. The molecule has 0 radical (unpaired) electrons. The minimum Gasteiger partial charge on any atom is -0.353 e. The fourth-order valence-corrected chi connectivity index (χ4v) is 5.24. The van der Waals surface area contributed by atoms with Crippen LogP contribution in [0.2, 0.25) is 0 Å². The Bertz CT molecular complexity index is 584. The number of rotatable bonds is 5. The van der Waals surface area contributed by atoms with Crippen molar-refractivity contribution >= 4 is 17.7 Å². The van der Waals surface area contributed by atoms with Crippen molar-refractivity contribution in [2.75, 3.05) is 5.75 Å². The smallest absolute Gasteiger partial charge is 0.230 e. The molecule has 0 aliphatic heterocycles. The van der Waals surface area contributed by atoms with Crippen LogP contribution in [0.1, 0.15) is 82.1 Å². The highest BCUT2D eigenvalue weighted by atomic mass is 32.2. The van der Waals surface area contributed by atoms with Crippen molar-refractivity contribution in [1.29, 1.82) is 0 Å². The second-order valence-corrected chi connectivity index (χ2v) is 8.98. The molecular formula is C20H33N3OS. The number of carbonyl (C=O) groups is 1. The summed E-state index contributed by atoms with van der Waals surface area (Å²) in [7, 11) is 0. The van der Waals surface area contributed by atoms with E-state index in [0.29, 0.717) is 17.8 Å². The van der Waals surface area contributed by atoms with E-state index in [2.05, 4.69) is 30.7 Å². The first kappa shape index (κ1) is 18.8. The molecule has 0 saturated heterocycles. The molecule has 2 aliphatic rings. The van der Waals surface area contributed by atoms with Crippen LogP contribution < -0.4 is 5.32 Å². The number of nitrogens with zero attached hydrogens (tertiary/aromatic N) is 2. The summed E-state index contributed by atoms with van der Waals surface area (Å²) in [6.07, 6.45) is 11.2. The number of nitrogens with one attached hydrogen (secondary N) is 1. The molecule has 2 fully saturated rings. The van der Waals surface area contributed by atoms with Crippen LogP contribution in [0.3, 0.4) is 0 Å². The summed E-state index contributed by atoms with van der Waals surface area (Å²) in [5.41, 5.74) is 2.38. The molecule has 25 heavy (non-hydrogen) atoms. The van der Waals surface area contributed by atoms with Gasteiger partial charge in [-0.1, -0.05) is 37.9 Å². The van der Waals surface area contributed by atoms with Gasteiger partial charge in [0.05, 0.1) is 11.4 Å². The van der Waals surface area contributed by atoms with Crippen LogP contribution in [0.5, 0.6) is 0 Å². The zero-order valence-corrected chi connectivity index (χ0v) is 16.8. The van der Waals surface area contributed by atoms with E-state index >= 15 is 0 Å². The standard InChI is InChI=1S/C20H33N3OS/c1-14-9-11-17(12-10-14)22-19(24)13-25-20-21-15(2)16(3)23(20)18-7-5-4-6-8-18/h14,17-18H,4-13H2,1-3H3,(H,22,24). The molecule has 0 unspecified atom stereocenters. The molecule has 2 saturated carbocycles. The predicted octanol–water partition coefficient (Wildman–Crippen LogP) is 4.79. The fourth-order valence-electron chi connectivity index (χ4n) is 4.27. The van der Waals surface area contributed by atoms with E-state index in [1.165, 1.54) is 50.6 Å². The van der Waals surface area contributed by atoms with Crippen molar-refractivity contribution < 1.29 is 4.79 Å². The van der Waals surface area contributed by atoms with Gasteiger partial charge in [-0.3, -0.25) is 4.79 Å². The van der Waals surface area contributed by atoms with Crippen molar-refractivity contribution in [3.8, 4) is 0 Å². The van der Waals surface area contributed by atoms with E-state index in [4.69, 9.17) is 4.98 Å². The number of carbonyl (C=O) groups excluding carboxylic acids is 1. The molecule has 2 aliphatic carbocycles. The van der Waals surface area contributed by atoms with Gasteiger partial charge in [0, 0.05) is 17.8 Å². The van der Waals surface area contributed by atoms with Gasteiger partial charge in [0.1, 0.15) is 0 Å². The summed E-state index contributed by atoms with van der Waals surface area (Å²) in [5.74, 6) is 1.46. The Kier molecular flexibility index (Phi) is 6.48. The molecule has 140 valence electrons. The van der Waals surface area contributed by atoms with Crippen LogP contribution in [0.25, 0.3) is 0 Å². The largest absolute Gasteiger partial charge is 0.353 e. The van der Waals surface area contributed by atoms with Crippen LogP contribution in [-0.2, 0) is 4.79 Å². The minimum absolute atomic E-state index is 0.165. The summed E-state index contributed by atoms with van der Waals surface area (Å²) in [5, 5.41) is 4.27. The number of aryl methyl sites for hydroxylation is 1. The molecule has 0 aromatic carbocycles. The lowest BCUT2D eigenvalue weighted by molar-refractivity contribution is -0.119. The Balaban J connectivity index is 1.57. The van der Waals surface area contributed by atoms with Crippen LogP contribution in [-0.4, -0.2) is 27.3 Å². The molecule has 3 rings (SSSR count). The van der Waals surface area contributed by atoms with E-state index < -0.39 is 0 Å². The van der Waals surface area contributed by atoms with Gasteiger partial charge in [0.15, 0.2) is 5.16 Å². The maximum Gasteiger partial charge on any atom is 0.230 e. The van der Waals surface area contributed by atoms with Crippen LogP contribution in [0.15, 0.2) is 5.16 Å². The molecule has 1 amide bonds. The molecule has 4 nitrogen and oxygen atoms in total. The molecule has 1 heterocycles. The van der Waals surface area contributed by atoms with E-state index in [9.17, 15) is 4.79 Å². The van der Waals surface area contributed by atoms with Crippen LogP contribution >= 0.6 is 11.8 Å². The third-order valence-corrected chi connectivity index (χ3v) is 6.96. The number of hydrogen-bond donors (Lipinski definition) is 1. The molecule has 1 aromatic rings. The second kappa shape index (κ2) is 8.61. The normalized spacial score (nSPS) is 25.1. The predicted molar refractivity (Wildman–Crippen MR) is 104 cm³/mol. The van der Waals surface area contributed by atoms with E-state index in [1.807, 2.05) is 0 Å². The zero-order chi connectivity index (χ0) is 17.8. The third-order valence-electron chi connectivity index (χ3n) is 6.01. The molecule has 1 N–H and O–H groups in total. The SMILES string of the molecule is Cc1nc(SCC(=O)NC2CCC(C)CC2)n(C2CCCCC2)c1C. The lowest BCUT2D eigenvalue weighted by Gasteiger charge is -2.27. The number of imidazole rings is 1. The van der Waals surface area contributed by atoms with Gasteiger partial charge in [-0.05, 0) is 58.3 Å². The molecule has 0 spiro atoms. The highest BCUT2D eigenvalue weighted by Crippen LogP contribution is 2.34. The quantitative estimate of drug-likeness (QED) is 0.765. The Labute approximate surface area is 156 Å². The van der Waals surface area contributed by atoms with Crippen molar-refractivity contribution in [2.45, 2.75) is 95.8 Å². The van der Waals surface area contributed by atoms with E-state index in [-0.39, 0.29) is 5.91 Å². The van der Waals surface area contributed by atoms with Gasteiger partial charge < -0.3 is 9.88 Å². The topological polar surface area (TPSA) is 46.9 Å². The molecule has 1 aromatic heterocycles. The van der Waals surface area contributed by atoms with Gasteiger partial charge >= 0.3 is 0 Å². The fraction of sp³-hybridized carbons (Fsp3) is 0.800. The molecule has 0 atom stereocenters. The van der Waals surface area contributed by atoms with Crippen molar-refractivity contribution in [3.05, 3.63) is 11.4 Å². The maximum atomic E-state index is 12.4. The Morgan fingerprint density at radius 2 is 1.80 bits per heavy atom. The van der Waals surface area contributed by atoms with Crippen molar-refractivity contribution in [3.63, 3.8) is 0 Å². The average Bonchev–Trinajstić information content (AvgIpc) is 2.90.